The highest BCUT2D eigenvalue weighted by molar-refractivity contribution is 7.80. The number of ether oxygens (including phenoxy) is 1. The predicted molar refractivity (Wildman–Crippen MR) is 109 cm³/mol. The molecule has 2 heterocycles. The van der Waals surface area contributed by atoms with E-state index in [0.717, 1.165) is 23.5 Å². The van der Waals surface area contributed by atoms with Gasteiger partial charge in [0.15, 0.2) is 5.11 Å². The van der Waals surface area contributed by atoms with Crippen LogP contribution in [0.2, 0.25) is 0 Å². The molecule has 0 spiro atoms. The molecule has 0 radical (unpaired) electrons. The first-order valence-corrected chi connectivity index (χ1v) is 9.01. The van der Waals surface area contributed by atoms with Gasteiger partial charge in [0.25, 0.3) is 11.8 Å². The smallest absolute Gasteiger partial charge is 0.270 e. The number of benzene rings is 1. The monoisotopic (exact) mass is 383 g/mol. The Kier molecular flexibility index (Phi) is 5.14. The number of anilines is 1. The lowest BCUT2D eigenvalue weighted by Crippen LogP contribution is -2.54. The van der Waals surface area contributed by atoms with Crippen LogP contribution in [0.15, 0.2) is 35.9 Å². The molecular formula is C20H21N3O3S. The molecule has 6 nitrogen and oxygen atoms in total. The van der Waals surface area contributed by atoms with Crippen molar-refractivity contribution in [2.45, 2.75) is 27.3 Å². The van der Waals surface area contributed by atoms with E-state index in [2.05, 4.69) is 16.8 Å². The predicted octanol–water partition coefficient (Wildman–Crippen LogP) is 2.96. The van der Waals surface area contributed by atoms with Crippen LogP contribution in [0.1, 0.15) is 23.9 Å². The average Bonchev–Trinajstić information content (AvgIpc) is 2.91. The van der Waals surface area contributed by atoms with Gasteiger partial charge in [-0.2, -0.15) is 0 Å². The second-order valence-electron chi connectivity index (χ2n) is 6.20. The van der Waals surface area contributed by atoms with Crippen LogP contribution in [-0.2, 0) is 16.1 Å². The number of nitrogens with one attached hydrogen (secondary N) is 1. The molecule has 3 rings (SSSR count). The molecule has 2 amide bonds. The van der Waals surface area contributed by atoms with Gasteiger partial charge in [-0.15, -0.1) is 0 Å². The second kappa shape index (κ2) is 7.36. The fourth-order valence-corrected chi connectivity index (χ4v) is 3.58. The van der Waals surface area contributed by atoms with E-state index in [1.165, 1.54) is 12.0 Å². The fourth-order valence-electron chi connectivity index (χ4n) is 3.31. The van der Waals surface area contributed by atoms with E-state index in [1.54, 1.807) is 30.3 Å². The van der Waals surface area contributed by atoms with Gasteiger partial charge < -0.3 is 9.30 Å². The molecule has 140 valence electrons. The lowest BCUT2D eigenvalue weighted by atomic mass is 10.1. The van der Waals surface area contributed by atoms with Crippen LogP contribution in [0, 0.1) is 13.8 Å². The summed E-state index contributed by atoms with van der Waals surface area (Å²) < 4.78 is 7.46. The van der Waals surface area contributed by atoms with E-state index in [9.17, 15) is 9.59 Å². The Morgan fingerprint density at radius 3 is 2.56 bits per heavy atom. The van der Waals surface area contributed by atoms with Crippen LogP contribution in [0.25, 0.3) is 6.08 Å². The number of aromatic nitrogens is 1. The third-order valence-electron chi connectivity index (χ3n) is 4.66. The Morgan fingerprint density at radius 2 is 1.93 bits per heavy atom. The first-order valence-electron chi connectivity index (χ1n) is 8.60. The van der Waals surface area contributed by atoms with Crippen LogP contribution in [0.4, 0.5) is 5.69 Å². The number of rotatable bonds is 4. The zero-order valence-corrected chi connectivity index (χ0v) is 16.5. The summed E-state index contributed by atoms with van der Waals surface area (Å²) in [6, 6.07) is 9.00. The molecule has 1 aromatic carbocycles. The van der Waals surface area contributed by atoms with Crippen LogP contribution >= 0.6 is 12.2 Å². The van der Waals surface area contributed by atoms with Gasteiger partial charge >= 0.3 is 0 Å². The van der Waals surface area contributed by atoms with E-state index < -0.39 is 11.8 Å². The summed E-state index contributed by atoms with van der Waals surface area (Å²) in [4.78, 5) is 26.9. The maximum atomic E-state index is 13.1. The lowest BCUT2D eigenvalue weighted by Gasteiger charge is -2.29. The number of nitrogens with zero attached hydrogens (tertiary/aromatic N) is 2. The largest absolute Gasteiger partial charge is 0.495 e. The topological polar surface area (TPSA) is 63.6 Å². The summed E-state index contributed by atoms with van der Waals surface area (Å²) in [6.45, 7) is 6.84. The molecule has 0 bridgehead atoms. The summed E-state index contributed by atoms with van der Waals surface area (Å²) in [5.74, 6) is -0.486. The molecule has 1 N–H and O–H groups in total. The van der Waals surface area contributed by atoms with Crippen molar-refractivity contribution in [1.82, 2.24) is 9.88 Å². The summed E-state index contributed by atoms with van der Waals surface area (Å²) in [5, 5.41) is 2.63. The lowest BCUT2D eigenvalue weighted by molar-refractivity contribution is -0.122. The quantitative estimate of drug-likeness (QED) is 0.501. The number of methoxy groups -OCH3 is 1. The minimum atomic E-state index is -0.502. The van der Waals surface area contributed by atoms with E-state index >= 15 is 0 Å². The molecular weight excluding hydrogens is 362 g/mol. The van der Waals surface area contributed by atoms with Gasteiger partial charge in [0.1, 0.15) is 11.3 Å². The van der Waals surface area contributed by atoms with Crippen molar-refractivity contribution >= 4 is 40.9 Å². The van der Waals surface area contributed by atoms with E-state index in [0.29, 0.717) is 11.4 Å². The highest BCUT2D eigenvalue weighted by Gasteiger charge is 2.36. The van der Waals surface area contributed by atoms with Gasteiger partial charge in [0.05, 0.1) is 12.8 Å². The van der Waals surface area contributed by atoms with E-state index in [4.69, 9.17) is 17.0 Å². The Labute approximate surface area is 163 Å². The SMILES string of the molecule is CCn1c(C)cc(/C=C2\C(=O)NC(=S)N(c3ccccc3OC)C2=O)c1C. The molecule has 1 saturated heterocycles. The summed E-state index contributed by atoms with van der Waals surface area (Å²) in [7, 11) is 1.52. The van der Waals surface area contributed by atoms with Crippen molar-refractivity contribution in [1.29, 1.82) is 0 Å². The number of para-hydroxylation sites is 2. The average molecular weight is 383 g/mol. The standard InChI is InChI=1S/C20H21N3O3S/c1-5-22-12(2)10-14(13(22)3)11-15-18(24)21-20(27)23(19(15)25)16-8-6-7-9-17(16)26-4/h6-11H,5H2,1-4H3,(H,21,24,27)/b15-11+. The maximum Gasteiger partial charge on any atom is 0.270 e. The third-order valence-corrected chi connectivity index (χ3v) is 4.94. The first kappa shape index (κ1) is 18.8. The molecule has 0 aliphatic carbocycles. The van der Waals surface area contributed by atoms with Crippen molar-refractivity contribution in [3.63, 3.8) is 0 Å². The molecule has 0 atom stereocenters. The number of amides is 2. The number of carbonyl (C=O) groups excluding carboxylic acids is 2. The molecule has 1 aromatic heterocycles. The highest BCUT2D eigenvalue weighted by Crippen LogP contribution is 2.31. The van der Waals surface area contributed by atoms with Gasteiger partial charge in [-0.05, 0) is 62.8 Å². The first-order chi connectivity index (χ1) is 12.9. The Hall–Kier alpha value is -2.93. The van der Waals surface area contributed by atoms with Crippen molar-refractivity contribution in [3.8, 4) is 5.75 Å². The number of hydrogen-bond donors (Lipinski definition) is 1. The number of aryl methyl sites for hydroxylation is 1. The van der Waals surface area contributed by atoms with Crippen LogP contribution < -0.4 is 15.0 Å². The molecule has 0 unspecified atom stereocenters. The van der Waals surface area contributed by atoms with Crippen molar-refractivity contribution in [2.24, 2.45) is 0 Å². The molecule has 0 saturated carbocycles. The third kappa shape index (κ3) is 3.26. The summed E-state index contributed by atoms with van der Waals surface area (Å²) in [5.41, 5.74) is 3.43. The number of carbonyl (C=O) groups is 2. The van der Waals surface area contributed by atoms with Gasteiger partial charge in [-0.25, -0.2) is 4.90 Å². The van der Waals surface area contributed by atoms with Gasteiger partial charge in [0, 0.05) is 17.9 Å². The Bertz CT molecular complexity index is 975. The van der Waals surface area contributed by atoms with Gasteiger partial charge in [-0.3, -0.25) is 14.9 Å². The van der Waals surface area contributed by atoms with Crippen LogP contribution in [-0.4, -0.2) is 28.6 Å². The second-order valence-corrected chi connectivity index (χ2v) is 6.59. The normalized spacial score (nSPS) is 16.1. The van der Waals surface area contributed by atoms with Crippen molar-refractivity contribution < 1.29 is 14.3 Å². The van der Waals surface area contributed by atoms with Gasteiger partial charge in [0.2, 0.25) is 0 Å². The molecule has 1 aliphatic heterocycles. The zero-order valence-electron chi connectivity index (χ0n) is 15.7. The van der Waals surface area contributed by atoms with Crippen molar-refractivity contribution in [2.75, 3.05) is 12.0 Å². The van der Waals surface area contributed by atoms with E-state index in [1.807, 2.05) is 19.9 Å². The van der Waals surface area contributed by atoms with E-state index in [-0.39, 0.29) is 10.7 Å². The molecule has 27 heavy (non-hydrogen) atoms. The summed E-state index contributed by atoms with van der Waals surface area (Å²) in [6.07, 6.45) is 1.62. The minimum Gasteiger partial charge on any atom is -0.495 e. The fraction of sp³-hybridized carbons (Fsp3) is 0.250. The molecule has 1 fully saturated rings. The number of hydrogen-bond acceptors (Lipinski definition) is 4. The molecule has 2 aromatic rings. The van der Waals surface area contributed by atoms with Crippen molar-refractivity contribution in [3.05, 3.63) is 52.9 Å². The van der Waals surface area contributed by atoms with Crippen LogP contribution in [0.3, 0.4) is 0 Å². The zero-order chi connectivity index (χ0) is 19.7. The maximum absolute atomic E-state index is 13.1. The minimum absolute atomic E-state index is 0.0330. The summed E-state index contributed by atoms with van der Waals surface area (Å²) >= 11 is 5.24. The highest BCUT2D eigenvalue weighted by atomic mass is 32.1. The molecule has 1 aliphatic rings. The molecule has 7 heteroatoms. The van der Waals surface area contributed by atoms with Gasteiger partial charge in [-0.1, -0.05) is 12.1 Å². The Morgan fingerprint density at radius 1 is 1.22 bits per heavy atom. The Balaban J connectivity index is 2.08. The van der Waals surface area contributed by atoms with Crippen LogP contribution in [0.5, 0.6) is 5.75 Å². The number of thiocarbonyl (C=S) groups is 1.